The number of likely N-dealkylation sites (N-methyl/N-ethyl adjacent to an activating group) is 1. The molecule has 3 aromatic heterocycles. The van der Waals surface area contributed by atoms with E-state index in [0.717, 1.165) is 59.8 Å². The molecule has 0 aliphatic carbocycles. The van der Waals surface area contributed by atoms with Crippen molar-refractivity contribution in [3.05, 3.63) is 84.2 Å². The van der Waals surface area contributed by atoms with Gasteiger partial charge in [0.1, 0.15) is 12.0 Å². The molecule has 5 rings (SSSR count). The van der Waals surface area contributed by atoms with E-state index in [9.17, 15) is 4.79 Å². The van der Waals surface area contributed by atoms with Crippen LogP contribution in [0.3, 0.4) is 0 Å². The van der Waals surface area contributed by atoms with Crippen LogP contribution in [0.1, 0.15) is 60.9 Å². The molecule has 0 spiro atoms. The van der Waals surface area contributed by atoms with Gasteiger partial charge in [0.2, 0.25) is 0 Å². The lowest BCUT2D eigenvalue weighted by atomic mass is 9.99. The summed E-state index contributed by atoms with van der Waals surface area (Å²) in [6.45, 7) is 18.0. The number of carbonyl (C=O) groups is 1. The van der Waals surface area contributed by atoms with Crippen LogP contribution in [0.4, 0.5) is 0 Å². The van der Waals surface area contributed by atoms with E-state index in [1.807, 2.05) is 6.07 Å². The zero-order chi connectivity index (χ0) is 27.4. The van der Waals surface area contributed by atoms with Crippen molar-refractivity contribution in [1.82, 2.24) is 34.4 Å². The predicted molar refractivity (Wildman–Crippen MR) is 152 cm³/mol. The Labute approximate surface area is 225 Å². The van der Waals surface area contributed by atoms with E-state index in [4.69, 9.17) is 0 Å². The number of rotatable bonds is 5. The molecule has 0 radical (unpaired) electrons. The number of hydrogen-bond acceptors (Lipinski definition) is 7. The molecule has 8 nitrogen and oxygen atoms in total. The highest BCUT2D eigenvalue weighted by Gasteiger charge is 2.31. The lowest BCUT2D eigenvalue weighted by Crippen LogP contribution is -2.56. The molecule has 38 heavy (non-hydrogen) atoms. The zero-order valence-corrected chi connectivity index (χ0v) is 23.2. The van der Waals surface area contributed by atoms with Crippen molar-refractivity contribution in [2.24, 2.45) is 0 Å². The van der Waals surface area contributed by atoms with Gasteiger partial charge in [-0.05, 0) is 45.9 Å². The van der Waals surface area contributed by atoms with E-state index >= 15 is 0 Å². The molecule has 1 aliphatic rings. The number of benzene rings is 1. The predicted octanol–water partition coefficient (Wildman–Crippen LogP) is 5.11. The quantitative estimate of drug-likeness (QED) is 0.344. The van der Waals surface area contributed by atoms with Crippen LogP contribution >= 0.6 is 0 Å². The molecular weight excluding hydrogens is 474 g/mol. The van der Waals surface area contributed by atoms with Crippen LogP contribution in [0.15, 0.2) is 61.7 Å². The third-order valence-corrected chi connectivity index (χ3v) is 7.14. The molecule has 198 valence electrons. The van der Waals surface area contributed by atoms with Gasteiger partial charge in [-0.2, -0.15) is 5.10 Å². The highest BCUT2D eigenvalue weighted by atomic mass is 16.1. The van der Waals surface area contributed by atoms with E-state index in [1.165, 1.54) is 5.56 Å². The standard InChI is InChI=1S/C17H17N3O.C13H20N4/c1-11(2)15-8-16(13-6-4-12(3)5-7-13)19-20-9-14(10-21)18-17(15)20;1-11(12-5-6-14-10-15-12)17-8-7-16(4)13(2,3)9-17/h4-11H,1-3H3;5-6,10H,1,7-9H2,2-4H3. The summed E-state index contributed by atoms with van der Waals surface area (Å²) >= 11 is 0. The summed E-state index contributed by atoms with van der Waals surface area (Å²) in [4.78, 5) is 28.2. The number of hydrogen-bond donors (Lipinski definition) is 0. The molecule has 4 aromatic rings. The van der Waals surface area contributed by atoms with E-state index in [0.29, 0.717) is 11.6 Å². The van der Waals surface area contributed by atoms with Crippen molar-refractivity contribution in [2.75, 3.05) is 26.7 Å². The Bertz CT molecular complexity index is 1410. The van der Waals surface area contributed by atoms with E-state index in [1.54, 1.807) is 23.2 Å². The number of imidazole rings is 1. The highest BCUT2D eigenvalue weighted by molar-refractivity contribution is 5.74. The van der Waals surface area contributed by atoms with Crippen LogP contribution < -0.4 is 0 Å². The number of aryl methyl sites for hydroxylation is 1. The molecular formula is C30H37N7O. The second-order valence-corrected chi connectivity index (χ2v) is 10.8. The minimum Gasteiger partial charge on any atom is -0.367 e. The maximum Gasteiger partial charge on any atom is 0.170 e. The molecule has 0 atom stereocenters. The Morgan fingerprint density at radius 3 is 2.47 bits per heavy atom. The summed E-state index contributed by atoms with van der Waals surface area (Å²) in [7, 11) is 2.17. The van der Waals surface area contributed by atoms with Crippen LogP contribution in [0.5, 0.6) is 0 Å². The molecule has 0 N–H and O–H groups in total. The van der Waals surface area contributed by atoms with Crippen LogP contribution in [0, 0.1) is 6.92 Å². The average molecular weight is 512 g/mol. The van der Waals surface area contributed by atoms with Crippen LogP contribution in [-0.4, -0.2) is 72.9 Å². The van der Waals surface area contributed by atoms with E-state index in [2.05, 4.69) is 108 Å². The van der Waals surface area contributed by atoms with Gasteiger partial charge < -0.3 is 4.90 Å². The molecule has 0 amide bonds. The van der Waals surface area contributed by atoms with Gasteiger partial charge in [0.05, 0.1) is 23.3 Å². The molecule has 1 saturated heterocycles. The fourth-order valence-corrected chi connectivity index (χ4v) is 4.46. The van der Waals surface area contributed by atoms with Gasteiger partial charge in [0.15, 0.2) is 11.9 Å². The van der Waals surface area contributed by atoms with Crippen LogP contribution in [0.2, 0.25) is 0 Å². The number of carbonyl (C=O) groups excluding carboxylic acids is 1. The minimum absolute atomic E-state index is 0.175. The Hall–Kier alpha value is -3.91. The van der Waals surface area contributed by atoms with E-state index < -0.39 is 0 Å². The number of aldehydes is 1. The third kappa shape index (κ3) is 5.97. The van der Waals surface area contributed by atoms with Gasteiger partial charge in [0, 0.05) is 42.5 Å². The topological polar surface area (TPSA) is 79.5 Å². The Morgan fingerprint density at radius 2 is 1.87 bits per heavy atom. The maximum atomic E-state index is 10.9. The van der Waals surface area contributed by atoms with Crippen molar-refractivity contribution in [3.8, 4) is 11.3 Å². The summed E-state index contributed by atoms with van der Waals surface area (Å²) < 4.78 is 1.70. The lowest BCUT2D eigenvalue weighted by molar-refractivity contribution is 0.0697. The fraction of sp³-hybridized carbons (Fsp3) is 0.367. The van der Waals surface area contributed by atoms with Crippen molar-refractivity contribution in [2.45, 2.75) is 46.1 Å². The Morgan fingerprint density at radius 1 is 1.13 bits per heavy atom. The normalized spacial score (nSPS) is 15.3. The summed E-state index contributed by atoms with van der Waals surface area (Å²) in [5.41, 5.74) is 7.51. The fourth-order valence-electron chi connectivity index (χ4n) is 4.46. The first kappa shape index (κ1) is 27.1. The second-order valence-electron chi connectivity index (χ2n) is 10.8. The van der Waals surface area contributed by atoms with Gasteiger partial charge in [-0.1, -0.05) is 50.3 Å². The number of piperazine rings is 1. The SMILES string of the molecule is C=C(c1ccncn1)N1CCN(C)C(C)(C)C1.Cc1ccc(-c2cc(C(C)C)c3nc(C=O)cn3n2)cc1. The molecule has 1 aromatic carbocycles. The summed E-state index contributed by atoms with van der Waals surface area (Å²) in [6.07, 6.45) is 5.76. The molecule has 1 aliphatic heterocycles. The van der Waals surface area contributed by atoms with Crippen molar-refractivity contribution < 1.29 is 4.79 Å². The Balaban J connectivity index is 0.000000181. The first-order chi connectivity index (χ1) is 18.1. The first-order valence-corrected chi connectivity index (χ1v) is 12.9. The lowest BCUT2D eigenvalue weighted by Gasteiger charge is -2.46. The number of nitrogens with zero attached hydrogens (tertiary/aromatic N) is 7. The third-order valence-electron chi connectivity index (χ3n) is 7.14. The molecule has 0 bridgehead atoms. The largest absolute Gasteiger partial charge is 0.367 e. The van der Waals surface area contributed by atoms with Crippen molar-refractivity contribution in [3.63, 3.8) is 0 Å². The Kier molecular flexibility index (Phi) is 8.02. The van der Waals surface area contributed by atoms with Crippen LogP contribution in [0.25, 0.3) is 22.6 Å². The number of fused-ring (bicyclic) bond motifs is 1. The summed E-state index contributed by atoms with van der Waals surface area (Å²) in [5.74, 6) is 0.307. The zero-order valence-electron chi connectivity index (χ0n) is 23.2. The van der Waals surface area contributed by atoms with Gasteiger partial charge >= 0.3 is 0 Å². The van der Waals surface area contributed by atoms with Gasteiger partial charge in [-0.25, -0.2) is 19.5 Å². The smallest absolute Gasteiger partial charge is 0.170 e. The number of aromatic nitrogens is 5. The molecule has 8 heteroatoms. The maximum absolute atomic E-state index is 10.9. The highest BCUT2D eigenvalue weighted by Crippen LogP contribution is 2.26. The van der Waals surface area contributed by atoms with Crippen LogP contribution in [-0.2, 0) is 0 Å². The molecule has 0 unspecified atom stereocenters. The average Bonchev–Trinajstić information content (AvgIpc) is 3.34. The minimum atomic E-state index is 0.175. The summed E-state index contributed by atoms with van der Waals surface area (Å²) in [5, 5.41) is 4.58. The van der Waals surface area contributed by atoms with Crippen molar-refractivity contribution in [1.29, 1.82) is 0 Å². The molecule has 0 saturated carbocycles. The van der Waals surface area contributed by atoms with E-state index in [-0.39, 0.29) is 5.54 Å². The molecule has 1 fully saturated rings. The van der Waals surface area contributed by atoms with Gasteiger partial charge in [0.25, 0.3) is 0 Å². The van der Waals surface area contributed by atoms with Gasteiger partial charge in [-0.15, -0.1) is 0 Å². The summed E-state index contributed by atoms with van der Waals surface area (Å²) in [6, 6.07) is 12.2. The van der Waals surface area contributed by atoms with Gasteiger partial charge in [-0.3, -0.25) is 9.69 Å². The molecule has 4 heterocycles. The van der Waals surface area contributed by atoms with Crippen molar-refractivity contribution >= 4 is 17.6 Å². The second kappa shape index (κ2) is 11.2. The monoisotopic (exact) mass is 511 g/mol. The first-order valence-electron chi connectivity index (χ1n) is 12.9.